The number of rotatable bonds is 21. The number of hydrogen-bond acceptors (Lipinski definition) is 7. The quantitative estimate of drug-likeness (QED) is 0.0627. The van der Waals surface area contributed by atoms with Gasteiger partial charge in [-0.1, -0.05) is 131 Å². The molecule has 1 aliphatic heterocycles. The molecule has 3 aromatic carbocycles. The van der Waals surface area contributed by atoms with E-state index in [9.17, 15) is 8.42 Å². The molecule has 0 atom stereocenters. The molecule has 0 bridgehead atoms. The van der Waals surface area contributed by atoms with Crippen molar-refractivity contribution in [2.24, 2.45) is 0 Å². The number of nitrogens with zero attached hydrogens (tertiary/aromatic N) is 2. The van der Waals surface area contributed by atoms with Crippen molar-refractivity contribution in [3.05, 3.63) is 96.3 Å². The second kappa shape index (κ2) is 23.1. The number of ether oxygens (including phenoxy) is 2. The molecular formula is C43H58N2O5S. The van der Waals surface area contributed by atoms with Gasteiger partial charge in [0.1, 0.15) is 0 Å². The number of benzene rings is 3. The van der Waals surface area contributed by atoms with E-state index in [4.69, 9.17) is 13.7 Å². The van der Waals surface area contributed by atoms with Crippen molar-refractivity contribution in [3.63, 3.8) is 0 Å². The summed E-state index contributed by atoms with van der Waals surface area (Å²) in [5.41, 5.74) is 5.82. The molecule has 1 aliphatic rings. The second-order valence-corrected chi connectivity index (χ2v) is 15.0. The van der Waals surface area contributed by atoms with Crippen molar-refractivity contribution < 1.29 is 22.1 Å². The second-order valence-electron chi connectivity index (χ2n) is 13.4. The fraction of sp³-hybridized carbons (Fsp3) is 0.488. The van der Waals surface area contributed by atoms with E-state index >= 15 is 0 Å². The molecular weight excluding hydrogens is 657 g/mol. The monoisotopic (exact) mass is 714 g/mol. The van der Waals surface area contributed by atoms with Crippen molar-refractivity contribution >= 4 is 10.1 Å². The van der Waals surface area contributed by atoms with Gasteiger partial charge < -0.3 is 9.47 Å². The molecule has 5 rings (SSSR count). The fourth-order valence-electron chi connectivity index (χ4n) is 5.88. The number of hydrogen-bond donors (Lipinski definition) is 0. The van der Waals surface area contributed by atoms with E-state index in [0.717, 1.165) is 69.3 Å². The zero-order valence-electron chi connectivity index (χ0n) is 30.9. The Balaban J connectivity index is 0.00000107. The Morgan fingerprint density at radius 2 is 1.16 bits per heavy atom. The molecule has 2 heterocycles. The van der Waals surface area contributed by atoms with Crippen molar-refractivity contribution in [2.75, 3.05) is 26.4 Å². The predicted molar refractivity (Wildman–Crippen MR) is 208 cm³/mol. The SMILES string of the molecule is C1CCOC1.CCCCCCCCc1ccc(-c2ccc(-c3ncc(OCCCCCCCCOS(=O)(=O)c4ccc(C)cc4)cn3)cc2)cc1. The maximum atomic E-state index is 12.2. The zero-order valence-corrected chi connectivity index (χ0v) is 31.7. The Kier molecular flexibility index (Phi) is 18.2. The van der Waals surface area contributed by atoms with Crippen LogP contribution in [0.5, 0.6) is 5.75 Å². The third kappa shape index (κ3) is 15.3. The molecule has 51 heavy (non-hydrogen) atoms. The molecule has 0 aliphatic carbocycles. The molecule has 0 unspecified atom stereocenters. The molecule has 0 radical (unpaired) electrons. The third-order valence-corrected chi connectivity index (χ3v) is 10.4. The van der Waals surface area contributed by atoms with E-state index in [1.807, 2.05) is 6.92 Å². The lowest BCUT2D eigenvalue weighted by molar-refractivity contribution is 0.198. The van der Waals surface area contributed by atoms with Crippen molar-refractivity contribution in [1.82, 2.24) is 9.97 Å². The Hall–Kier alpha value is -3.59. The first-order chi connectivity index (χ1) is 24.9. The van der Waals surface area contributed by atoms with Gasteiger partial charge >= 0.3 is 0 Å². The zero-order chi connectivity index (χ0) is 36.0. The summed E-state index contributed by atoms with van der Waals surface area (Å²) in [5, 5.41) is 0. The van der Waals surface area contributed by atoms with Gasteiger partial charge in [-0.05, 0) is 74.3 Å². The van der Waals surface area contributed by atoms with Crippen molar-refractivity contribution in [3.8, 4) is 28.3 Å². The van der Waals surface area contributed by atoms with Gasteiger partial charge in [-0.3, -0.25) is 4.18 Å². The highest BCUT2D eigenvalue weighted by Gasteiger charge is 2.14. The number of aromatic nitrogens is 2. The van der Waals surface area contributed by atoms with Crippen LogP contribution in [0.1, 0.15) is 108 Å². The van der Waals surface area contributed by atoms with E-state index < -0.39 is 10.1 Å². The summed E-state index contributed by atoms with van der Waals surface area (Å²) in [4.78, 5) is 9.25. The molecule has 1 aromatic heterocycles. The maximum Gasteiger partial charge on any atom is 0.296 e. The van der Waals surface area contributed by atoms with Crippen LogP contribution in [-0.4, -0.2) is 44.8 Å². The number of unbranched alkanes of at least 4 members (excludes halogenated alkanes) is 10. The summed E-state index contributed by atoms with van der Waals surface area (Å²) < 4.78 is 40.4. The minimum atomic E-state index is -3.67. The van der Waals surface area contributed by atoms with E-state index in [2.05, 4.69) is 65.4 Å². The molecule has 1 saturated heterocycles. The Bertz CT molecular complexity index is 1600. The highest BCUT2D eigenvalue weighted by atomic mass is 32.2. The standard InChI is InChI=1S/C39H50N2O4S.C4H8O/c1-3-4-5-6-9-12-15-33-18-20-34(21-19-33)35-22-24-36(25-23-35)39-40-30-37(31-41-39)44-28-13-10-7-8-11-14-29-45-46(42,43)38-26-16-32(2)17-27-38;1-2-4-5-3-1/h16-27,30-31H,3-15,28-29H2,1-2H3;1-4H2. The molecule has 0 saturated carbocycles. The summed E-state index contributed by atoms with van der Waals surface area (Å²) in [7, 11) is -3.67. The molecule has 0 N–H and O–H groups in total. The van der Waals surface area contributed by atoms with Crippen molar-refractivity contribution in [2.45, 2.75) is 115 Å². The van der Waals surface area contributed by atoms with E-state index in [1.165, 1.54) is 68.1 Å². The average molecular weight is 715 g/mol. The van der Waals surface area contributed by atoms with Crippen LogP contribution < -0.4 is 4.74 Å². The van der Waals surface area contributed by atoms with Gasteiger partial charge in [0.05, 0.1) is 30.5 Å². The van der Waals surface area contributed by atoms with Crippen LogP contribution in [0.15, 0.2) is 90.1 Å². The first kappa shape index (κ1) is 40.2. The Morgan fingerprint density at radius 1 is 0.627 bits per heavy atom. The summed E-state index contributed by atoms with van der Waals surface area (Å²) >= 11 is 0. The average Bonchev–Trinajstić information content (AvgIpc) is 3.76. The first-order valence-electron chi connectivity index (χ1n) is 19.1. The molecule has 8 heteroatoms. The van der Waals surface area contributed by atoms with E-state index in [0.29, 0.717) is 18.2 Å². The van der Waals surface area contributed by atoms with E-state index in [-0.39, 0.29) is 11.5 Å². The lowest BCUT2D eigenvalue weighted by Gasteiger charge is -2.08. The molecule has 0 amide bonds. The highest BCUT2D eigenvalue weighted by Crippen LogP contribution is 2.25. The number of aryl methyl sites for hydroxylation is 2. The van der Waals surface area contributed by atoms with Crippen LogP contribution in [0.4, 0.5) is 0 Å². The summed E-state index contributed by atoms with van der Waals surface area (Å²) in [6, 6.07) is 24.1. The van der Waals surface area contributed by atoms with Gasteiger partial charge in [0.25, 0.3) is 10.1 Å². The van der Waals surface area contributed by atoms with Gasteiger partial charge in [-0.15, -0.1) is 0 Å². The Labute approximate surface area is 307 Å². The van der Waals surface area contributed by atoms with Crippen molar-refractivity contribution in [1.29, 1.82) is 0 Å². The van der Waals surface area contributed by atoms with Gasteiger partial charge in [0.2, 0.25) is 0 Å². The van der Waals surface area contributed by atoms with Crippen LogP contribution >= 0.6 is 0 Å². The van der Waals surface area contributed by atoms with Crippen LogP contribution in [-0.2, 0) is 25.5 Å². The van der Waals surface area contributed by atoms with Gasteiger partial charge in [0, 0.05) is 18.8 Å². The third-order valence-electron chi connectivity index (χ3n) is 9.06. The minimum Gasteiger partial charge on any atom is -0.490 e. The molecule has 0 spiro atoms. The molecule has 1 fully saturated rings. The maximum absolute atomic E-state index is 12.2. The summed E-state index contributed by atoms with van der Waals surface area (Å²) in [6.45, 7) is 7.02. The highest BCUT2D eigenvalue weighted by molar-refractivity contribution is 7.86. The molecule has 4 aromatic rings. The fourth-order valence-corrected chi connectivity index (χ4v) is 6.82. The molecule has 276 valence electrons. The topological polar surface area (TPSA) is 87.6 Å². The van der Waals surface area contributed by atoms with Crippen LogP contribution in [0, 0.1) is 6.92 Å². The Morgan fingerprint density at radius 3 is 1.75 bits per heavy atom. The van der Waals surface area contributed by atoms with Gasteiger partial charge in [-0.25, -0.2) is 9.97 Å². The van der Waals surface area contributed by atoms with Gasteiger partial charge in [0.15, 0.2) is 11.6 Å². The first-order valence-corrected chi connectivity index (χ1v) is 20.5. The largest absolute Gasteiger partial charge is 0.490 e. The smallest absolute Gasteiger partial charge is 0.296 e. The molecule has 7 nitrogen and oxygen atoms in total. The van der Waals surface area contributed by atoms with Crippen LogP contribution in [0.25, 0.3) is 22.5 Å². The normalized spacial score (nSPS) is 12.7. The summed E-state index contributed by atoms with van der Waals surface area (Å²) in [6.07, 6.45) is 20.9. The lowest BCUT2D eigenvalue weighted by atomic mass is 10.00. The predicted octanol–water partition coefficient (Wildman–Crippen LogP) is 10.9. The van der Waals surface area contributed by atoms with E-state index in [1.54, 1.807) is 36.7 Å². The minimum absolute atomic E-state index is 0.211. The van der Waals surface area contributed by atoms with Crippen LogP contribution in [0.2, 0.25) is 0 Å². The lowest BCUT2D eigenvalue weighted by Crippen LogP contribution is -2.07. The summed E-state index contributed by atoms with van der Waals surface area (Å²) in [5.74, 6) is 1.36. The van der Waals surface area contributed by atoms with Crippen LogP contribution in [0.3, 0.4) is 0 Å². The van der Waals surface area contributed by atoms with Gasteiger partial charge in [-0.2, -0.15) is 8.42 Å².